The molecular weight excluding hydrogens is 394 g/mol. The summed E-state index contributed by atoms with van der Waals surface area (Å²) in [6.07, 6.45) is 22.1. The van der Waals surface area contributed by atoms with Crippen molar-refractivity contribution in [2.24, 2.45) is 0 Å². The molecule has 0 amide bonds. The topological polar surface area (TPSA) is 30.0 Å². The Balaban J connectivity index is 1.40. The van der Waals surface area contributed by atoms with Gasteiger partial charge in [-0.05, 0) is 56.0 Å². The monoisotopic (exact) mass is 431 g/mol. The molecule has 1 aromatic heterocycles. The molecule has 1 aromatic carbocycles. The van der Waals surface area contributed by atoms with Crippen LogP contribution in [0, 0.1) is 0 Å². The maximum Gasteiger partial charge on any atom is 0.195 e. The van der Waals surface area contributed by atoms with Crippen molar-refractivity contribution in [2.75, 3.05) is 0 Å². The highest BCUT2D eigenvalue weighted by Crippen LogP contribution is 2.30. The molecule has 0 saturated carbocycles. The number of nitrogens with zero attached hydrogens (tertiary/aromatic N) is 1. The standard InChI is InChI=1S/C25H37NOS2/c1-2-3-4-5-6-7-8-9-10-11-12-13-14-15-16-21-24(27)29-25-26-22-19-17-18-20-23(22)28-25/h9-10,17-20H,2-8,11-16,21H2,1H3. The Morgan fingerprint density at radius 1 is 0.897 bits per heavy atom. The molecule has 0 N–H and O–H groups in total. The summed E-state index contributed by atoms with van der Waals surface area (Å²) in [4.78, 5) is 16.7. The van der Waals surface area contributed by atoms with Crippen LogP contribution >= 0.6 is 23.1 Å². The van der Waals surface area contributed by atoms with Crippen molar-refractivity contribution in [2.45, 2.75) is 101 Å². The molecule has 0 spiro atoms. The number of allylic oxidation sites excluding steroid dienone is 2. The second-order valence-electron chi connectivity index (χ2n) is 7.76. The summed E-state index contributed by atoms with van der Waals surface area (Å²) in [6.45, 7) is 2.27. The quantitative estimate of drug-likeness (QED) is 0.151. The Morgan fingerprint density at radius 3 is 2.21 bits per heavy atom. The number of carbonyl (C=O) groups excluding carboxylic acids is 1. The van der Waals surface area contributed by atoms with Crippen LogP contribution in [0.1, 0.15) is 96.8 Å². The molecule has 0 unspecified atom stereocenters. The fourth-order valence-corrected chi connectivity index (χ4v) is 5.38. The van der Waals surface area contributed by atoms with Gasteiger partial charge in [-0.25, -0.2) is 4.98 Å². The van der Waals surface area contributed by atoms with Crippen molar-refractivity contribution in [3.63, 3.8) is 0 Å². The van der Waals surface area contributed by atoms with E-state index >= 15 is 0 Å². The molecule has 1 heterocycles. The minimum atomic E-state index is 0.252. The highest BCUT2D eigenvalue weighted by atomic mass is 32.2. The van der Waals surface area contributed by atoms with Crippen LogP contribution in [-0.2, 0) is 4.79 Å². The molecule has 2 rings (SSSR count). The molecule has 0 bridgehead atoms. The summed E-state index contributed by atoms with van der Waals surface area (Å²) in [7, 11) is 0. The first-order valence-electron chi connectivity index (χ1n) is 11.5. The Morgan fingerprint density at radius 2 is 1.52 bits per heavy atom. The van der Waals surface area contributed by atoms with Crippen LogP contribution in [0.2, 0.25) is 0 Å². The summed E-state index contributed by atoms with van der Waals surface area (Å²) in [5.74, 6) is 0. The number of para-hydroxylation sites is 1. The normalized spacial score (nSPS) is 11.6. The number of hydrogen-bond donors (Lipinski definition) is 0. The molecule has 29 heavy (non-hydrogen) atoms. The van der Waals surface area contributed by atoms with E-state index in [2.05, 4.69) is 30.1 Å². The molecule has 0 aliphatic rings. The smallest absolute Gasteiger partial charge is 0.195 e. The van der Waals surface area contributed by atoms with E-state index in [1.807, 2.05) is 18.2 Å². The van der Waals surface area contributed by atoms with Gasteiger partial charge in [0.25, 0.3) is 0 Å². The largest absolute Gasteiger partial charge is 0.287 e. The maximum atomic E-state index is 12.1. The maximum absolute atomic E-state index is 12.1. The van der Waals surface area contributed by atoms with Gasteiger partial charge in [-0.1, -0.05) is 82.6 Å². The molecule has 0 saturated heterocycles. The minimum Gasteiger partial charge on any atom is -0.287 e. The summed E-state index contributed by atoms with van der Waals surface area (Å²) in [5, 5.41) is 0.252. The van der Waals surface area contributed by atoms with E-state index in [1.54, 1.807) is 11.3 Å². The van der Waals surface area contributed by atoms with Crippen molar-refractivity contribution in [1.29, 1.82) is 0 Å². The van der Waals surface area contributed by atoms with Gasteiger partial charge in [0.05, 0.1) is 10.2 Å². The lowest BCUT2D eigenvalue weighted by molar-refractivity contribution is -0.111. The molecule has 0 aliphatic carbocycles. The zero-order chi connectivity index (χ0) is 20.6. The third-order valence-electron chi connectivity index (χ3n) is 5.12. The third-order valence-corrected chi connectivity index (χ3v) is 7.15. The average molecular weight is 432 g/mol. The summed E-state index contributed by atoms with van der Waals surface area (Å²) in [5.41, 5.74) is 0.994. The fraction of sp³-hybridized carbons (Fsp3) is 0.600. The Hall–Kier alpha value is -1.13. The number of thioether (sulfide) groups is 1. The minimum absolute atomic E-state index is 0.252. The number of hydrogen-bond acceptors (Lipinski definition) is 4. The van der Waals surface area contributed by atoms with Crippen molar-refractivity contribution >= 4 is 38.4 Å². The van der Waals surface area contributed by atoms with E-state index in [1.165, 1.54) is 82.4 Å². The first-order chi connectivity index (χ1) is 14.3. The lowest BCUT2D eigenvalue weighted by atomic mass is 10.1. The number of thiazole rings is 1. The lowest BCUT2D eigenvalue weighted by Gasteiger charge is -2.00. The van der Waals surface area contributed by atoms with Crippen LogP contribution in [-0.4, -0.2) is 10.1 Å². The molecule has 0 aliphatic heterocycles. The zero-order valence-electron chi connectivity index (χ0n) is 18.0. The summed E-state index contributed by atoms with van der Waals surface area (Å²) < 4.78 is 2.03. The predicted octanol–water partition coefficient (Wildman–Crippen LogP) is 8.95. The van der Waals surface area contributed by atoms with Gasteiger partial charge in [0.2, 0.25) is 0 Å². The molecular formula is C25H37NOS2. The van der Waals surface area contributed by atoms with Gasteiger partial charge in [0, 0.05) is 6.42 Å². The van der Waals surface area contributed by atoms with Gasteiger partial charge < -0.3 is 0 Å². The highest BCUT2D eigenvalue weighted by Gasteiger charge is 2.09. The Bertz CT molecular complexity index is 689. The van der Waals surface area contributed by atoms with Crippen LogP contribution in [0.3, 0.4) is 0 Å². The number of fused-ring (bicyclic) bond motifs is 1. The van der Waals surface area contributed by atoms with Crippen LogP contribution in [0.4, 0.5) is 0 Å². The van der Waals surface area contributed by atoms with Crippen LogP contribution < -0.4 is 0 Å². The number of unbranched alkanes of at least 4 members (excludes halogenated alkanes) is 11. The fourth-order valence-electron chi connectivity index (χ4n) is 3.38. The number of rotatable bonds is 16. The van der Waals surface area contributed by atoms with Crippen LogP contribution in [0.15, 0.2) is 40.8 Å². The Labute approximate surface area is 185 Å². The van der Waals surface area contributed by atoms with Crippen molar-refractivity contribution in [3.05, 3.63) is 36.4 Å². The van der Waals surface area contributed by atoms with Crippen LogP contribution in [0.5, 0.6) is 0 Å². The molecule has 0 radical (unpaired) electrons. The van der Waals surface area contributed by atoms with Gasteiger partial charge in [-0.3, -0.25) is 4.79 Å². The molecule has 2 aromatic rings. The van der Waals surface area contributed by atoms with E-state index in [-0.39, 0.29) is 5.12 Å². The molecule has 0 atom stereocenters. The van der Waals surface area contributed by atoms with Gasteiger partial charge in [-0.15, -0.1) is 11.3 Å². The average Bonchev–Trinajstić information content (AvgIpc) is 3.13. The van der Waals surface area contributed by atoms with Crippen LogP contribution in [0.25, 0.3) is 10.2 Å². The SMILES string of the molecule is CCCCCCCCC=CCCCCCCCC(=O)Sc1nc2ccccc2s1. The van der Waals surface area contributed by atoms with E-state index in [0.717, 1.165) is 27.4 Å². The zero-order valence-corrected chi connectivity index (χ0v) is 19.7. The number of benzene rings is 1. The predicted molar refractivity (Wildman–Crippen MR) is 130 cm³/mol. The molecule has 0 fully saturated rings. The molecule has 4 heteroatoms. The van der Waals surface area contributed by atoms with Crippen molar-refractivity contribution < 1.29 is 4.79 Å². The lowest BCUT2D eigenvalue weighted by Crippen LogP contribution is -1.91. The third kappa shape index (κ3) is 11.0. The van der Waals surface area contributed by atoms with E-state index in [9.17, 15) is 4.79 Å². The summed E-state index contributed by atoms with van der Waals surface area (Å²) in [6, 6.07) is 8.07. The van der Waals surface area contributed by atoms with Gasteiger partial charge in [0.15, 0.2) is 9.45 Å². The van der Waals surface area contributed by atoms with Crippen molar-refractivity contribution in [3.8, 4) is 0 Å². The molecule has 2 nitrogen and oxygen atoms in total. The first kappa shape index (κ1) is 24.1. The summed E-state index contributed by atoms with van der Waals surface area (Å²) >= 11 is 2.93. The second-order valence-corrected chi connectivity index (χ2v) is 10.1. The van der Waals surface area contributed by atoms with Gasteiger partial charge >= 0.3 is 0 Å². The molecule has 160 valence electrons. The highest BCUT2D eigenvalue weighted by molar-refractivity contribution is 8.15. The van der Waals surface area contributed by atoms with Crippen molar-refractivity contribution in [1.82, 2.24) is 4.98 Å². The Kier molecular flexibility index (Phi) is 13.1. The van der Waals surface area contributed by atoms with E-state index in [4.69, 9.17) is 0 Å². The first-order valence-corrected chi connectivity index (χ1v) is 13.1. The van der Waals surface area contributed by atoms with E-state index < -0.39 is 0 Å². The second kappa shape index (κ2) is 15.7. The van der Waals surface area contributed by atoms with Gasteiger partial charge in [-0.2, -0.15) is 0 Å². The van der Waals surface area contributed by atoms with Gasteiger partial charge in [0.1, 0.15) is 0 Å². The number of aromatic nitrogens is 1. The van der Waals surface area contributed by atoms with E-state index in [0.29, 0.717) is 6.42 Å². The number of carbonyl (C=O) groups is 1.